The number of nitrogens with zero attached hydrogens (tertiary/aromatic N) is 1. The van der Waals surface area contributed by atoms with Crippen LogP contribution in [-0.4, -0.2) is 22.8 Å². The summed E-state index contributed by atoms with van der Waals surface area (Å²) in [5.41, 5.74) is 8.38. The number of carbonyl (C=O) groups is 1. The third kappa shape index (κ3) is 2.31. The lowest BCUT2D eigenvalue weighted by molar-refractivity contribution is 0.0600. The number of phenolic OH excluding ortho intramolecular Hbond substituents is 1. The van der Waals surface area contributed by atoms with Gasteiger partial charge in [-0.3, -0.25) is 4.79 Å². The third-order valence-corrected chi connectivity index (χ3v) is 5.18. The number of anilines is 1. The van der Waals surface area contributed by atoms with Crippen molar-refractivity contribution in [1.29, 1.82) is 0 Å². The van der Waals surface area contributed by atoms with Crippen LogP contribution in [-0.2, 0) is 17.7 Å². The van der Waals surface area contributed by atoms with Gasteiger partial charge in [0.05, 0.1) is 22.8 Å². The van der Waals surface area contributed by atoms with Gasteiger partial charge in [-0.2, -0.15) is 0 Å². The fourth-order valence-electron chi connectivity index (χ4n) is 3.23. The SMILES string of the molecule is COC(=O)c1c(N)c(-c2c(C)ccc(O)c2Br)c(=O)n2c1CCC2. The van der Waals surface area contributed by atoms with E-state index in [9.17, 15) is 14.7 Å². The van der Waals surface area contributed by atoms with E-state index in [0.29, 0.717) is 28.7 Å². The number of methoxy groups -OCH3 is 1. The maximum absolute atomic E-state index is 13.0. The Morgan fingerprint density at radius 2 is 2.08 bits per heavy atom. The number of fused-ring (bicyclic) bond motifs is 1. The topological polar surface area (TPSA) is 94.6 Å². The molecular formula is C17H17BrN2O4. The van der Waals surface area contributed by atoms with E-state index in [-0.39, 0.29) is 28.1 Å². The van der Waals surface area contributed by atoms with Crippen LogP contribution in [0.25, 0.3) is 11.1 Å². The lowest BCUT2D eigenvalue weighted by Gasteiger charge is -2.18. The minimum Gasteiger partial charge on any atom is -0.507 e. The summed E-state index contributed by atoms with van der Waals surface area (Å²) in [5, 5.41) is 10.00. The molecule has 0 fully saturated rings. The number of aryl methyl sites for hydroxylation is 1. The van der Waals surface area contributed by atoms with Gasteiger partial charge in [-0.05, 0) is 47.3 Å². The van der Waals surface area contributed by atoms with Crippen LogP contribution in [0.1, 0.15) is 28.0 Å². The van der Waals surface area contributed by atoms with Gasteiger partial charge in [0.25, 0.3) is 5.56 Å². The average molecular weight is 393 g/mol. The summed E-state index contributed by atoms with van der Waals surface area (Å²) in [7, 11) is 1.29. The third-order valence-electron chi connectivity index (χ3n) is 4.38. The Labute approximate surface area is 147 Å². The highest BCUT2D eigenvalue weighted by Crippen LogP contribution is 2.40. The lowest BCUT2D eigenvalue weighted by atomic mass is 9.96. The zero-order valence-corrected chi connectivity index (χ0v) is 14.9. The molecule has 1 aromatic carbocycles. The molecule has 0 radical (unpaired) electrons. The number of nitrogen functional groups attached to an aromatic ring is 1. The minimum absolute atomic E-state index is 0.000448. The van der Waals surface area contributed by atoms with Gasteiger partial charge in [0.1, 0.15) is 11.3 Å². The first-order valence-electron chi connectivity index (χ1n) is 7.50. The van der Waals surface area contributed by atoms with Gasteiger partial charge in [-0.25, -0.2) is 4.79 Å². The van der Waals surface area contributed by atoms with Crippen LogP contribution in [0.5, 0.6) is 5.75 Å². The molecule has 1 aliphatic heterocycles. The monoisotopic (exact) mass is 392 g/mol. The lowest BCUT2D eigenvalue weighted by Crippen LogP contribution is -2.27. The molecule has 7 heteroatoms. The van der Waals surface area contributed by atoms with Crippen LogP contribution in [0.15, 0.2) is 21.4 Å². The fraction of sp³-hybridized carbons (Fsp3) is 0.294. The van der Waals surface area contributed by atoms with E-state index in [1.54, 1.807) is 10.6 Å². The molecule has 2 aromatic rings. The molecule has 126 valence electrons. The second kappa shape index (κ2) is 5.98. The van der Waals surface area contributed by atoms with E-state index < -0.39 is 5.97 Å². The number of phenols is 1. The minimum atomic E-state index is -0.562. The molecule has 0 saturated carbocycles. The Morgan fingerprint density at radius 1 is 1.38 bits per heavy atom. The second-order valence-corrected chi connectivity index (χ2v) is 6.55. The van der Waals surface area contributed by atoms with E-state index in [1.165, 1.54) is 13.2 Å². The number of nitrogens with two attached hydrogens (primary N) is 1. The van der Waals surface area contributed by atoms with Crippen molar-refractivity contribution in [2.45, 2.75) is 26.3 Å². The highest BCUT2D eigenvalue weighted by atomic mass is 79.9. The molecule has 6 nitrogen and oxygen atoms in total. The van der Waals surface area contributed by atoms with E-state index in [1.807, 2.05) is 6.92 Å². The van der Waals surface area contributed by atoms with Crippen molar-refractivity contribution in [2.75, 3.05) is 12.8 Å². The number of hydrogen-bond acceptors (Lipinski definition) is 5. The highest BCUT2D eigenvalue weighted by molar-refractivity contribution is 9.10. The summed E-state index contributed by atoms with van der Waals surface area (Å²) in [4.78, 5) is 25.2. The number of benzene rings is 1. The second-order valence-electron chi connectivity index (χ2n) is 5.75. The Bertz CT molecular complexity index is 918. The number of ether oxygens (including phenoxy) is 1. The Balaban J connectivity index is 2.46. The number of aromatic hydroxyl groups is 1. The molecule has 1 aromatic heterocycles. The van der Waals surface area contributed by atoms with Crippen molar-refractivity contribution in [3.8, 4) is 16.9 Å². The molecule has 24 heavy (non-hydrogen) atoms. The first-order chi connectivity index (χ1) is 11.4. The highest BCUT2D eigenvalue weighted by Gasteiger charge is 2.29. The first kappa shape index (κ1) is 16.6. The summed E-state index contributed by atoms with van der Waals surface area (Å²) >= 11 is 3.33. The number of esters is 1. The zero-order valence-electron chi connectivity index (χ0n) is 13.4. The van der Waals surface area contributed by atoms with Crippen molar-refractivity contribution < 1.29 is 14.6 Å². The number of rotatable bonds is 2. The zero-order chi connectivity index (χ0) is 17.6. The summed E-state index contributed by atoms with van der Waals surface area (Å²) in [5.74, 6) is -0.562. The molecule has 0 bridgehead atoms. The summed E-state index contributed by atoms with van der Waals surface area (Å²) in [6.07, 6.45) is 1.37. The quantitative estimate of drug-likeness (QED) is 0.765. The maximum Gasteiger partial charge on any atom is 0.341 e. The predicted octanol–water partition coefficient (Wildman–Crippen LogP) is 2.61. The van der Waals surface area contributed by atoms with Crippen LogP contribution in [0.2, 0.25) is 0 Å². The van der Waals surface area contributed by atoms with E-state index in [0.717, 1.165) is 12.0 Å². The van der Waals surface area contributed by atoms with Gasteiger partial charge < -0.3 is 20.1 Å². The molecule has 0 aliphatic carbocycles. The van der Waals surface area contributed by atoms with Gasteiger partial charge in [0.2, 0.25) is 0 Å². The Kier molecular flexibility index (Phi) is 4.13. The molecule has 3 N–H and O–H groups in total. The molecule has 0 saturated heterocycles. The van der Waals surface area contributed by atoms with E-state index in [2.05, 4.69) is 15.9 Å². The van der Waals surface area contributed by atoms with Crippen LogP contribution in [0, 0.1) is 6.92 Å². The summed E-state index contributed by atoms with van der Waals surface area (Å²) < 4.78 is 6.81. The first-order valence-corrected chi connectivity index (χ1v) is 8.29. The fourth-order valence-corrected chi connectivity index (χ4v) is 3.87. The predicted molar refractivity (Wildman–Crippen MR) is 94.3 cm³/mol. The van der Waals surface area contributed by atoms with Gasteiger partial charge in [-0.1, -0.05) is 6.07 Å². The molecule has 0 atom stereocenters. The molecule has 0 unspecified atom stereocenters. The molecule has 1 aliphatic rings. The van der Waals surface area contributed by atoms with Crippen LogP contribution >= 0.6 is 15.9 Å². The molecular weight excluding hydrogens is 376 g/mol. The van der Waals surface area contributed by atoms with Crippen molar-refractivity contribution >= 4 is 27.6 Å². The molecule has 2 heterocycles. The maximum atomic E-state index is 13.0. The van der Waals surface area contributed by atoms with Gasteiger partial charge >= 0.3 is 5.97 Å². The Hall–Kier alpha value is -2.28. The van der Waals surface area contributed by atoms with E-state index in [4.69, 9.17) is 10.5 Å². The molecule has 3 rings (SSSR count). The van der Waals surface area contributed by atoms with Crippen molar-refractivity contribution in [3.05, 3.63) is 43.8 Å². The van der Waals surface area contributed by atoms with Gasteiger partial charge in [0.15, 0.2) is 0 Å². The smallest absolute Gasteiger partial charge is 0.341 e. The molecule has 0 amide bonds. The average Bonchev–Trinajstić information content (AvgIpc) is 3.03. The summed E-state index contributed by atoms with van der Waals surface area (Å²) in [6.45, 7) is 2.34. The molecule has 0 spiro atoms. The number of halogens is 1. The number of hydrogen-bond donors (Lipinski definition) is 2. The summed E-state index contributed by atoms with van der Waals surface area (Å²) in [6, 6.07) is 3.23. The number of pyridine rings is 1. The van der Waals surface area contributed by atoms with Crippen molar-refractivity contribution in [1.82, 2.24) is 4.57 Å². The van der Waals surface area contributed by atoms with Crippen LogP contribution in [0.4, 0.5) is 5.69 Å². The van der Waals surface area contributed by atoms with Crippen molar-refractivity contribution in [3.63, 3.8) is 0 Å². The van der Waals surface area contributed by atoms with Gasteiger partial charge in [-0.15, -0.1) is 0 Å². The standard InChI is InChI=1S/C17H17BrN2O4/c1-8-5-6-10(21)14(18)11(8)13-15(19)12(17(23)24-2)9-4-3-7-20(9)16(13)22/h5-6,21H,3-4,7,19H2,1-2H3. The van der Waals surface area contributed by atoms with Crippen LogP contribution < -0.4 is 11.3 Å². The van der Waals surface area contributed by atoms with Crippen LogP contribution in [0.3, 0.4) is 0 Å². The normalized spacial score (nSPS) is 13.0. The number of carbonyl (C=O) groups excluding carboxylic acids is 1. The largest absolute Gasteiger partial charge is 0.507 e. The Morgan fingerprint density at radius 3 is 2.75 bits per heavy atom. The number of aromatic nitrogens is 1. The van der Waals surface area contributed by atoms with E-state index >= 15 is 0 Å². The van der Waals surface area contributed by atoms with Crippen molar-refractivity contribution in [2.24, 2.45) is 0 Å². The van der Waals surface area contributed by atoms with Gasteiger partial charge in [0, 0.05) is 17.8 Å².